The SMILES string of the molecule is COc1ccc(S(=O)(=O)c2cc(CN(O)NC(=O)CC3CCCOCC3)ccn2)cc1.Cl. The van der Waals surface area contributed by atoms with Crippen molar-refractivity contribution < 1.29 is 27.9 Å². The van der Waals surface area contributed by atoms with E-state index in [1.807, 2.05) is 0 Å². The molecule has 2 heterocycles. The highest BCUT2D eigenvalue weighted by Crippen LogP contribution is 2.23. The number of methoxy groups -OCH3 is 1. The van der Waals surface area contributed by atoms with Crippen molar-refractivity contribution in [3.05, 3.63) is 48.2 Å². The van der Waals surface area contributed by atoms with Gasteiger partial charge >= 0.3 is 0 Å². The third kappa shape index (κ3) is 7.14. The van der Waals surface area contributed by atoms with E-state index >= 15 is 0 Å². The molecule has 1 aliphatic heterocycles. The first-order chi connectivity index (χ1) is 14.9. The Morgan fingerprint density at radius 1 is 1.25 bits per heavy atom. The minimum atomic E-state index is -3.83. The second-order valence-electron chi connectivity index (χ2n) is 7.39. The molecule has 0 radical (unpaired) electrons. The highest BCUT2D eigenvalue weighted by atomic mass is 35.5. The second kappa shape index (κ2) is 12.1. The Hall–Kier alpha value is -2.24. The maximum atomic E-state index is 12.8. The number of nitrogens with zero attached hydrogens (tertiary/aromatic N) is 2. The fourth-order valence-corrected chi connectivity index (χ4v) is 4.65. The zero-order chi connectivity index (χ0) is 22.3. The largest absolute Gasteiger partial charge is 0.497 e. The van der Waals surface area contributed by atoms with E-state index in [9.17, 15) is 18.4 Å². The fourth-order valence-electron chi connectivity index (χ4n) is 3.41. The number of hydroxylamine groups is 1. The minimum absolute atomic E-state index is 0. The van der Waals surface area contributed by atoms with E-state index in [-0.39, 0.29) is 40.7 Å². The standard InChI is InChI=1S/C21H27N3O6S.ClH/c1-29-18-4-6-19(7-5-18)31(27,28)21-14-17(8-10-22-21)15-24(26)23-20(25)13-16-3-2-11-30-12-9-16;/h4-8,10,14,16,26H,2-3,9,11-13,15H2,1H3,(H,23,25);1H. The average Bonchev–Trinajstić information content (AvgIpc) is 3.02. The van der Waals surface area contributed by atoms with Gasteiger partial charge in [-0.1, -0.05) is 5.17 Å². The number of hydrogen-bond acceptors (Lipinski definition) is 8. The molecule has 1 atom stereocenters. The second-order valence-corrected chi connectivity index (χ2v) is 9.28. The lowest BCUT2D eigenvalue weighted by molar-refractivity contribution is -0.166. The molecule has 1 amide bonds. The Morgan fingerprint density at radius 2 is 2.00 bits per heavy atom. The van der Waals surface area contributed by atoms with E-state index in [0.29, 0.717) is 36.1 Å². The predicted molar refractivity (Wildman–Crippen MR) is 118 cm³/mol. The summed E-state index contributed by atoms with van der Waals surface area (Å²) in [4.78, 5) is 16.3. The van der Waals surface area contributed by atoms with E-state index < -0.39 is 9.84 Å². The van der Waals surface area contributed by atoms with Gasteiger partial charge in [-0.3, -0.25) is 15.4 Å². The van der Waals surface area contributed by atoms with E-state index in [2.05, 4.69) is 10.4 Å². The van der Waals surface area contributed by atoms with Crippen LogP contribution in [0.3, 0.4) is 0 Å². The number of carbonyl (C=O) groups excluding carboxylic acids is 1. The Morgan fingerprint density at radius 3 is 2.72 bits per heavy atom. The number of pyridine rings is 1. The van der Waals surface area contributed by atoms with Crippen LogP contribution in [-0.4, -0.2) is 50.0 Å². The lowest BCUT2D eigenvalue weighted by atomic mass is 9.97. The highest BCUT2D eigenvalue weighted by molar-refractivity contribution is 7.91. The molecule has 1 aliphatic rings. The number of aromatic nitrogens is 1. The first kappa shape index (κ1) is 26.0. The van der Waals surface area contributed by atoms with Crippen molar-refractivity contribution in [2.75, 3.05) is 20.3 Å². The summed E-state index contributed by atoms with van der Waals surface area (Å²) in [5.41, 5.74) is 2.90. The molecule has 3 rings (SSSR count). The Kier molecular flexibility index (Phi) is 9.85. The van der Waals surface area contributed by atoms with Crippen LogP contribution in [0, 0.1) is 5.92 Å². The molecule has 1 fully saturated rings. The quantitative estimate of drug-likeness (QED) is 0.548. The number of carbonyl (C=O) groups is 1. The van der Waals surface area contributed by atoms with Gasteiger partial charge in [-0.05, 0) is 67.1 Å². The Labute approximate surface area is 194 Å². The third-order valence-corrected chi connectivity index (χ3v) is 6.74. The van der Waals surface area contributed by atoms with Crippen LogP contribution in [0.5, 0.6) is 5.75 Å². The van der Waals surface area contributed by atoms with E-state index in [0.717, 1.165) is 19.3 Å². The van der Waals surface area contributed by atoms with Gasteiger partial charge < -0.3 is 9.47 Å². The van der Waals surface area contributed by atoms with Gasteiger partial charge in [0.1, 0.15) is 5.75 Å². The predicted octanol–water partition coefficient (Wildman–Crippen LogP) is 2.77. The summed E-state index contributed by atoms with van der Waals surface area (Å²) in [6.07, 6.45) is 4.30. The summed E-state index contributed by atoms with van der Waals surface area (Å²) < 4.78 is 36.1. The van der Waals surface area contributed by atoms with Crippen LogP contribution in [0.1, 0.15) is 31.2 Å². The van der Waals surface area contributed by atoms with Gasteiger partial charge in [0, 0.05) is 25.8 Å². The summed E-state index contributed by atoms with van der Waals surface area (Å²) >= 11 is 0. The van der Waals surface area contributed by atoms with Crippen LogP contribution in [-0.2, 0) is 25.9 Å². The molecule has 176 valence electrons. The van der Waals surface area contributed by atoms with Gasteiger partial charge in [0.05, 0.1) is 18.6 Å². The van der Waals surface area contributed by atoms with Crippen molar-refractivity contribution in [3.8, 4) is 5.75 Å². The molecule has 1 unspecified atom stereocenters. The number of hydrogen-bond donors (Lipinski definition) is 2. The number of nitrogens with one attached hydrogen (secondary N) is 1. The van der Waals surface area contributed by atoms with Gasteiger partial charge in [0.25, 0.3) is 0 Å². The molecule has 1 aromatic heterocycles. The number of halogens is 1. The van der Waals surface area contributed by atoms with Crippen LogP contribution in [0.2, 0.25) is 0 Å². The van der Waals surface area contributed by atoms with E-state index in [1.54, 1.807) is 18.2 Å². The maximum absolute atomic E-state index is 12.8. The topological polar surface area (TPSA) is 118 Å². The summed E-state index contributed by atoms with van der Waals surface area (Å²) in [7, 11) is -2.34. The smallest absolute Gasteiger partial charge is 0.236 e. The number of sulfone groups is 1. The lowest BCUT2D eigenvalue weighted by Gasteiger charge is -2.18. The lowest BCUT2D eigenvalue weighted by Crippen LogP contribution is -2.40. The van der Waals surface area contributed by atoms with Gasteiger partial charge in [-0.25, -0.2) is 13.4 Å². The maximum Gasteiger partial charge on any atom is 0.236 e. The number of ether oxygens (including phenoxy) is 2. The summed E-state index contributed by atoms with van der Waals surface area (Å²) in [6.45, 7) is 1.27. The Balaban J connectivity index is 0.00000363. The minimum Gasteiger partial charge on any atom is -0.497 e. The van der Waals surface area contributed by atoms with E-state index in [1.165, 1.54) is 31.5 Å². The van der Waals surface area contributed by atoms with Crippen LogP contribution >= 0.6 is 12.4 Å². The van der Waals surface area contributed by atoms with Crippen molar-refractivity contribution in [1.82, 2.24) is 15.6 Å². The zero-order valence-corrected chi connectivity index (χ0v) is 19.4. The van der Waals surface area contributed by atoms with Crippen molar-refractivity contribution in [1.29, 1.82) is 0 Å². The molecule has 2 aromatic rings. The first-order valence-corrected chi connectivity index (χ1v) is 11.5. The normalized spacial score (nSPS) is 16.7. The summed E-state index contributed by atoms with van der Waals surface area (Å²) in [5, 5.41) is 10.6. The highest BCUT2D eigenvalue weighted by Gasteiger charge is 2.21. The molecule has 0 saturated carbocycles. The summed E-state index contributed by atoms with van der Waals surface area (Å²) in [5.74, 6) is 0.469. The first-order valence-electron chi connectivity index (χ1n) is 10.1. The molecule has 32 heavy (non-hydrogen) atoms. The fraction of sp³-hybridized carbons (Fsp3) is 0.429. The van der Waals surface area contributed by atoms with Crippen LogP contribution in [0.15, 0.2) is 52.5 Å². The van der Waals surface area contributed by atoms with Crippen molar-refractivity contribution in [2.45, 2.75) is 42.1 Å². The molecular weight excluding hydrogens is 458 g/mol. The molecular formula is C21H28ClN3O6S. The van der Waals surface area contributed by atoms with Crippen molar-refractivity contribution >= 4 is 28.2 Å². The van der Waals surface area contributed by atoms with Gasteiger partial charge in [0.2, 0.25) is 15.7 Å². The monoisotopic (exact) mass is 485 g/mol. The van der Waals surface area contributed by atoms with Crippen LogP contribution in [0.25, 0.3) is 0 Å². The van der Waals surface area contributed by atoms with Crippen LogP contribution < -0.4 is 10.2 Å². The van der Waals surface area contributed by atoms with E-state index in [4.69, 9.17) is 9.47 Å². The molecule has 1 saturated heterocycles. The van der Waals surface area contributed by atoms with Gasteiger partial charge in [0.15, 0.2) is 5.03 Å². The number of hydrazine groups is 1. The van der Waals surface area contributed by atoms with Crippen LogP contribution in [0.4, 0.5) is 0 Å². The average molecular weight is 486 g/mol. The molecule has 11 heteroatoms. The number of benzene rings is 1. The summed E-state index contributed by atoms with van der Waals surface area (Å²) in [6, 6.07) is 8.95. The molecule has 0 bridgehead atoms. The third-order valence-electron chi connectivity index (χ3n) is 5.08. The molecule has 0 aliphatic carbocycles. The van der Waals surface area contributed by atoms with Gasteiger partial charge in [-0.2, -0.15) is 0 Å². The molecule has 9 nitrogen and oxygen atoms in total. The Bertz CT molecular complexity index is 979. The van der Waals surface area contributed by atoms with Crippen molar-refractivity contribution in [3.63, 3.8) is 0 Å². The molecule has 1 aromatic carbocycles. The number of amides is 1. The number of rotatable bonds is 8. The van der Waals surface area contributed by atoms with Gasteiger partial charge in [-0.15, -0.1) is 12.4 Å². The van der Waals surface area contributed by atoms with Crippen molar-refractivity contribution in [2.24, 2.45) is 5.92 Å². The zero-order valence-electron chi connectivity index (χ0n) is 17.8. The molecule has 2 N–H and O–H groups in total. The molecule has 0 spiro atoms.